The van der Waals surface area contributed by atoms with E-state index in [1.807, 2.05) is 6.92 Å². The number of hydrogen-bond donors (Lipinski definition) is 1. The van der Waals surface area contributed by atoms with Crippen molar-refractivity contribution in [2.45, 2.75) is 32.2 Å². The maximum absolute atomic E-state index is 12.6. The van der Waals surface area contributed by atoms with Crippen molar-refractivity contribution >= 4 is 16.9 Å². The Labute approximate surface area is 125 Å². The highest BCUT2D eigenvalue weighted by Crippen LogP contribution is 2.38. The Morgan fingerprint density at radius 2 is 2.23 bits per heavy atom. The lowest BCUT2D eigenvalue weighted by atomic mass is 10.2. The third-order valence-corrected chi connectivity index (χ3v) is 3.74. The van der Waals surface area contributed by atoms with E-state index in [0.29, 0.717) is 28.7 Å². The van der Waals surface area contributed by atoms with Gasteiger partial charge in [-0.25, -0.2) is 9.97 Å². The Balaban J connectivity index is 1.74. The molecule has 0 saturated heterocycles. The Morgan fingerprint density at radius 1 is 1.41 bits per heavy atom. The van der Waals surface area contributed by atoms with Crippen LogP contribution in [0, 0.1) is 6.92 Å². The van der Waals surface area contributed by atoms with Crippen LogP contribution in [0.2, 0.25) is 0 Å². The van der Waals surface area contributed by atoms with Crippen molar-refractivity contribution < 1.29 is 4.52 Å². The van der Waals surface area contributed by atoms with Crippen LogP contribution in [-0.4, -0.2) is 24.7 Å². The number of anilines is 1. The molecule has 1 fully saturated rings. The molecule has 2 N–H and O–H groups in total. The average Bonchev–Trinajstić information content (AvgIpc) is 3.21. The van der Waals surface area contributed by atoms with Crippen molar-refractivity contribution in [2.75, 3.05) is 5.73 Å². The van der Waals surface area contributed by atoms with Gasteiger partial charge >= 0.3 is 0 Å². The molecule has 8 heteroatoms. The molecule has 22 heavy (non-hydrogen) atoms. The van der Waals surface area contributed by atoms with Gasteiger partial charge in [0.15, 0.2) is 11.5 Å². The summed E-state index contributed by atoms with van der Waals surface area (Å²) in [6.07, 6.45) is 3.63. The maximum atomic E-state index is 12.6. The van der Waals surface area contributed by atoms with Crippen molar-refractivity contribution in [3.63, 3.8) is 0 Å². The van der Waals surface area contributed by atoms with Crippen LogP contribution in [0.25, 0.3) is 11.0 Å². The number of hydrogen-bond acceptors (Lipinski definition) is 7. The first-order valence-electron chi connectivity index (χ1n) is 7.06. The SMILES string of the molecule is Cc1cc(N)nc2ncn(Cc3nc(C4CC4)no3)c(=O)c12. The number of pyridine rings is 1. The second-order valence-electron chi connectivity index (χ2n) is 5.56. The minimum absolute atomic E-state index is 0.193. The van der Waals surface area contributed by atoms with E-state index in [1.165, 1.54) is 10.9 Å². The molecule has 0 radical (unpaired) electrons. The molecule has 0 unspecified atom stereocenters. The third kappa shape index (κ3) is 2.12. The highest BCUT2D eigenvalue weighted by Gasteiger charge is 2.28. The van der Waals surface area contributed by atoms with Crippen molar-refractivity contribution in [3.05, 3.63) is 40.0 Å². The van der Waals surface area contributed by atoms with Crippen LogP contribution < -0.4 is 11.3 Å². The molecular weight excluding hydrogens is 284 g/mol. The predicted molar refractivity (Wildman–Crippen MR) is 78.3 cm³/mol. The van der Waals surface area contributed by atoms with E-state index >= 15 is 0 Å². The van der Waals surface area contributed by atoms with Crippen molar-refractivity contribution in [1.82, 2.24) is 24.7 Å². The highest BCUT2D eigenvalue weighted by atomic mass is 16.5. The first kappa shape index (κ1) is 12.9. The zero-order valence-electron chi connectivity index (χ0n) is 12.0. The van der Waals surface area contributed by atoms with Gasteiger partial charge in [-0.1, -0.05) is 5.16 Å². The van der Waals surface area contributed by atoms with Gasteiger partial charge in [0.25, 0.3) is 5.56 Å². The number of aryl methyl sites for hydroxylation is 1. The molecule has 0 bridgehead atoms. The van der Waals surface area contributed by atoms with E-state index in [1.54, 1.807) is 6.07 Å². The van der Waals surface area contributed by atoms with E-state index in [2.05, 4.69) is 20.1 Å². The Hall–Kier alpha value is -2.77. The van der Waals surface area contributed by atoms with E-state index in [0.717, 1.165) is 24.2 Å². The molecule has 1 saturated carbocycles. The van der Waals surface area contributed by atoms with Gasteiger partial charge in [-0.05, 0) is 31.4 Å². The van der Waals surface area contributed by atoms with Crippen LogP contribution >= 0.6 is 0 Å². The highest BCUT2D eigenvalue weighted by molar-refractivity contribution is 5.79. The number of nitrogen functional groups attached to an aromatic ring is 1. The average molecular weight is 298 g/mol. The molecule has 1 aliphatic rings. The normalized spacial score (nSPS) is 14.6. The second-order valence-corrected chi connectivity index (χ2v) is 5.56. The predicted octanol–water partition coefficient (Wildman–Crippen LogP) is 0.991. The van der Waals surface area contributed by atoms with Crippen LogP contribution in [0.15, 0.2) is 21.7 Å². The summed E-state index contributed by atoms with van der Waals surface area (Å²) in [6.45, 7) is 2.01. The molecule has 8 nitrogen and oxygen atoms in total. The Bertz CT molecular complexity index is 925. The van der Waals surface area contributed by atoms with E-state index in [9.17, 15) is 4.79 Å². The molecule has 1 aliphatic carbocycles. The molecule has 0 aliphatic heterocycles. The summed E-state index contributed by atoms with van der Waals surface area (Å²) >= 11 is 0. The fraction of sp³-hybridized carbons (Fsp3) is 0.357. The van der Waals surface area contributed by atoms with Gasteiger partial charge in [-0.15, -0.1) is 0 Å². The van der Waals surface area contributed by atoms with Crippen LogP contribution in [0.3, 0.4) is 0 Å². The molecule has 0 amide bonds. The third-order valence-electron chi connectivity index (χ3n) is 3.74. The van der Waals surface area contributed by atoms with Crippen molar-refractivity contribution in [2.24, 2.45) is 0 Å². The molecule has 3 aromatic rings. The monoisotopic (exact) mass is 298 g/mol. The molecular formula is C14H14N6O2. The standard InChI is InChI=1S/C14H14N6O2/c1-7-4-9(15)17-13-11(7)14(21)20(6-16-13)5-10-18-12(19-22-10)8-2-3-8/h4,6,8H,2-3,5H2,1H3,(H2,15,17). The van der Waals surface area contributed by atoms with Crippen molar-refractivity contribution in [1.29, 1.82) is 0 Å². The van der Waals surface area contributed by atoms with Crippen LogP contribution in [0.1, 0.15) is 36.0 Å². The van der Waals surface area contributed by atoms with Gasteiger partial charge in [-0.3, -0.25) is 9.36 Å². The smallest absolute Gasteiger partial charge is 0.263 e. The zero-order valence-corrected chi connectivity index (χ0v) is 12.0. The van der Waals surface area contributed by atoms with Crippen molar-refractivity contribution in [3.8, 4) is 0 Å². The number of nitrogens with zero attached hydrogens (tertiary/aromatic N) is 5. The minimum Gasteiger partial charge on any atom is -0.384 e. The summed E-state index contributed by atoms with van der Waals surface area (Å²) in [7, 11) is 0. The first-order chi connectivity index (χ1) is 10.6. The van der Waals surface area contributed by atoms with E-state index < -0.39 is 0 Å². The summed E-state index contributed by atoms with van der Waals surface area (Å²) in [5, 5.41) is 4.40. The fourth-order valence-corrected chi connectivity index (χ4v) is 2.46. The number of fused-ring (bicyclic) bond motifs is 1. The van der Waals surface area contributed by atoms with E-state index in [-0.39, 0.29) is 12.1 Å². The second kappa shape index (κ2) is 4.62. The van der Waals surface area contributed by atoms with Crippen LogP contribution in [0.4, 0.5) is 5.82 Å². The topological polar surface area (TPSA) is 113 Å². The molecule has 3 aromatic heterocycles. The molecule has 112 valence electrons. The largest absolute Gasteiger partial charge is 0.384 e. The summed E-state index contributed by atoms with van der Waals surface area (Å²) < 4.78 is 6.64. The van der Waals surface area contributed by atoms with Gasteiger partial charge in [0.05, 0.1) is 5.39 Å². The van der Waals surface area contributed by atoms with Crippen LogP contribution in [0.5, 0.6) is 0 Å². The minimum atomic E-state index is -0.193. The first-order valence-corrected chi connectivity index (χ1v) is 7.06. The summed E-state index contributed by atoms with van der Waals surface area (Å²) in [6, 6.07) is 1.66. The zero-order chi connectivity index (χ0) is 15.3. The molecule has 0 spiro atoms. The summed E-state index contributed by atoms with van der Waals surface area (Å²) in [4.78, 5) is 25.2. The lowest BCUT2D eigenvalue weighted by molar-refractivity contribution is 0.364. The number of rotatable bonds is 3. The number of aromatic nitrogens is 5. The van der Waals surface area contributed by atoms with E-state index in [4.69, 9.17) is 10.3 Å². The quantitative estimate of drug-likeness (QED) is 0.767. The molecule has 0 aromatic carbocycles. The number of nitrogens with two attached hydrogens (primary N) is 1. The van der Waals surface area contributed by atoms with Crippen LogP contribution in [-0.2, 0) is 6.54 Å². The van der Waals surface area contributed by atoms with Gasteiger partial charge in [0.2, 0.25) is 5.89 Å². The fourth-order valence-electron chi connectivity index (χ4n) is 2.46. The molecule has 3 heterocycles. The van der Waals surface area contributed by atoms with Gasteiger partial charge in [0.1, 0.15) is 18.7 Å². The lowest BCUT2D eigenvalue weighted by Gasteiger charge is -2.06. The lowest BCUT2D eigenvalue weighted by Crippen LogP contribution is -2.22. The maximum Gasteiger partial charge on any atom is 0.263 e. The van der Waals surface area contributed by atoms with Gasteiger partial charge < -0.3 is 10.3 Å². The molecule has 4 rings (SSSR count). The Morgan fingerprint density at radius 3 is 3.00 bits per heavy atom. The Kier molecular flexibility index (Phi) is 2.72. The summed E-state index contributed by atoms with van der Waals surface area (Å²) in [5.74, 6) is 1.90. The molecule has 0 atom stereocenters. The van der Waals surface area contributed by atoms with Gasteiger partial charge in [0, 0.05) is 5.92 Å². The summed E-state index contributed by atoms with van der Waals surface area (Å²) in [5.41, 5.74) is 6.59. The van der Waals surface area contributed by atoms with Gasteiger partial charge in [-0.2, -0.15) is 4.98 Å².